The van der Waals surface area contributed by atoms with Crippen molar-refractivity contribution in [3.63, 3.8) is 0 Å². The fourth-order valence-electron chi connectivity index (χ4n) is 2.84. The van der Waals surface area contributed by atoms with E-state index in [1.54, 1.807) is 0 Å². The highest BCUT2D eigenvalue weighted by Gasteiger charge is 2.41. The Morgan fingerprint density at radius 2 is 2.11 bits per heavy atom. The molecule has 0 aromatic rings. The van der Waals surface area contributed by atoms with Crippen molar-refractivity contribution >= 4 is 5.97 Å². The van der Waals surface area contributed by atoms with Gasteiger partial charge in [0.2, 0.25) is 0 Å². The molecular formula is C14H29N3O2. The van der Waals surface area contributed by atoms with Crippen LogP contribution in [0.15, 0.2) is 0 Å². The minimum Gasteiger partial charge on any atom is -0.468 e. The van der Waals surface area contributed by atoms with E-state index in [2.05, 4.69) is 36.0 Å². The Kier molecular flexibility index (Phi) is 6.75. The lowest BCUT2D eigenvalue weighted by molar-refractivity contribution is -0.151. The highest BCUT2D eigenvalue weighted by Crippen LogP contribution is 2.21. The Balaban J connectivity index is 2.57. The average Bonchev–Trinajstić information content (AvgIpc) is 2.42. The van der Waals surface area contributed by atoms with E-state index in [4.69, 9.17) is 4.74 Å². The maximum atomic E-state index is 12.1. The number of hydrogen-bond acceptors (Lipinski definition) is 5. The average molecular weight is 271 g/mol. The van der Waals surface area contributed by atoms with E-state index in [0.29, 0.717) is 0 Å². The summed E-state index contributed by atoms with van der Waals surface area (Å²) in [6.45, 7) is 9.99. The number of carbonyl (C=O) groups excluding carboxylic acids is 1. The van der Waals surface area contributed by atoms with Crippen LogP contribution in [0.1, 0.15) is 26.7 Å². The van der Waals surface area contributed by atoms with Gasteiger partial charge in [0.05, 0.1) is 7.11 Å². The lowest BCUT2D eigenvalue weighted by atomic mass is 9.89. The molecule has 1 aliphatic heterocycles. The standard InChI is InChI=1S/C14H29N3O2/c1-5-17(6-2)11-9-15-14(13(18)19-4)8-7-10-16(3)12-14/h15H,5-12H2,1-4H3. The lowest BCUT2D eigenvalue weighted by Crippen LogP contribution is -2.62. The minimum absolute atomic E-state index is 0.126. The minimum atomic E-state index is -0.519. The van der Waals surface area contributed by atoms with E-state index < -0.39 is 5.54 Å². The summed E-state index contributed by atoms with van der Waals surface area (Å²) in [7, 11) is 3.54. The van der Waals surface area contributed by atoms with Gasteiger partial charge in [0.1, 0.15) is 5.54 Å². The summed E-state index contributed by atoms with van der Waals surface area (Å²) in [6.07, 6.45) is 1.89. The Hall–Kier alpha value is -0.650. The number of nitrogens with zero attached hydrogens (tertiary/aromatic N) is 2. The number of esters is 1. The second kappa shape index (κ2) is 7.82. The number of hydrogen-bond donors (Lipinski definition) is 1. The number of piperidine rings is 1. The molecule has 0 aromatic carbocycles. The highest BCUT2D eigenvalue weighted by atomic mass is 16.5. The normalized spacial score (nSPS) is 24.7. The third-order valence-electron chi connectivity index (χ3n) is 4.05. The van der Waals surface area contributed by atoms with Gasteiger partial charge in [-0.2, -0.15) is 0 Å². The fourth-order valence-corrected chi connectivity index (χ4v) is 2.84. The number of likely N-dealkylation sites (N-methyl/N-ethyl adjacent to an activating group) is 2. The van der Waals surface area contributed by atoms with Gasteiger partial charge < -0.3 is 14.5 Å². The molecule has 112 valence electrons. The summed E-state index contributed by atoms with van der Waals surface area (Å²) in [4.78, 5) is 16.7. The first-order valence-electron chi connectivity index (χ1n) is 7.32. The van der Waals surface area contributed by atoms with Crippen molar-refractivity contribution in [3.05, 3.63) is 0 Å². The molecule has 1 atom stereocenters. The van der Waals surface area contributed by atoms with Crippen LogP contribution in [0, 0.1) is 0 Å². The number of rotatable bonds is 7. The van der Waals surface area contributed by atoms with E-state index in [1.807, 2.05) is 0 Å². The van der Waals surface area contributed by atoms with E-state index in [1.165, 1.54) is 7.11 Å². The molecule has 1 aliphatic rings. The molecule has 1 unspecified atom stereocenters. The number of nitrogens with one attached hydrogen (secondary N) is 1. The topological polar surface area (TPSA) is 44.8 Å². The lowest BCUT2D eigenvalue weighted by Gasteiger charge is -2.40. The van der Waals surface area contributed by atoms with Gasteiger partial charge in [-0.3, -0.25) is 10.1 Å². The molecule has 1 N–H and O–H groups in total. The maximum Gasteiger partial charge on any atom is 0.327 e. The van der Waals surface area contributed by atoms with Gasteiger partial charge in [-0.05, 0) is 39.5 Å². The van der Waals surface area contributed by atoms with Crippen molar-refractivity contribution in [1.82, 2.24) is 15.1 Å². The van der Waals surface area contributed by atoms with Crippen molar-refractivity contribution in [2.24, 2.45) is 0 Å². The van der Waals surface area contributed by atoms with E-state index in [0.717, 1.165) is 52.1 Å². The molecule has 0 radical (unpaired) electrons. The zero-order valence-electron chi connectivity index (χ0n) is 12.9. The fraction of sp³-hybridized carbons (Fsp3) is 0.929. The van der Waals surface area contributed by atoms with Gasteiger partial charge in [0, 0.05) is 19.6 Å². The van der Waals surface area contributed by atoms with Crippen LogP contribution >= 0.6 is 0 Å². The summed E-state index contributed by atoms with van der Waals surface area (Å²) in [6, 6.07) is 0. The van der Waals surface area contributed by atoms with Gasteiger partial charge in [-0.1, -0.05) is 13.8 Å². The van der Waals surface area contributed by atoms with Crippen LogP contribution in [-0.4, -0.2) is 74.7 Å². The van der Waals surface area contributed by atoms with Crippen molar-refractivity contribution in [2.75, 3.05) is 53.4 Å². The molecule has 1 saturated heterocycles. The first-order chi connectivity index (χ1) is 9.07. The smallest absolute Gasteiger partial charge is 0.327 e. The number of likely N-dealkylation sites (tertiary alicyclic amines) is 1. The molecule has 5 nitrogen and oxygen atoms in total. The molecule has 0 aromatic heterocycles. The zero-order valence-corrected chi connectivity index (χ0v) is 12.9. The quantitative estimate of drug-likeness (QED) is 0.685. The monoisotopic (exact) mass is 271 g/mol. The molecular weight excluding hydrogens is 242 g/mol. The molecule has 0 aliphatic carbocycles. The third kappa shape index (κ3) is 4.44. The third-order valence-corrected chi connectivity index (χ3v) is 4.05. The SMILES string of the molecule is CCN(CC)CCNC1(C(=O)OC)CCCN(C)C1. The summed E-state index contributed by atoms with van der Waals surface area (Å²) >= 11 is 0. The highest BCUT2D eigenvalue weighted by molar-refractivity contribution is 5.81. The summed E-state index contributed by atoms with van der Waals surface area (Å²) in [5.74, 6) is -0.126. The molecule has 0 amide bonds. The van der Waals surface area contributed by atoms with Crippen LogP contribution in [-0.2, 0) is 9.53 Å². The van der Waals surface area contributed by atoms with E-state index >= 15 is 0 Å². The molecule has 0 bridgehead atoms. The first kappa shape index (κ1) is 16.4. The van der Waals surface area contributed by atoms with Crippen molar-refractivity contribution < 1.29 is 9.53 Å². The van der Waals surface area contributed by atoms with E-state index in [-0.39, 0.29) is 5.97 Å². The Bertz CT molecular complexity index is 282. The largest absolute Gasteiger partial charge is 0.468 e. The summed E-state index contributed by atoms with van der Waals surface area (Å²) in [5, 5.41) is 3.46. The molecule has 0 spiro atoms. The second-order valence-electron chi connectivity index (χ2n) is 5.37. The molecule has 0 saturated carbocycles. The predicted molar refractivity (Wildman–Crippen MR) is 77.3 cm³/mol. The van der Waals surface area contributed by atoms with Crippen LogP contribution in [0.2, 0.25) is 0 Å². The summed E-state index contributed by atoms with van der Waals surface area (Å²) < 4.78 is 5.01. The van der Waals surface area contributed by atoms with Gasteiger partial charge in [0.15, 0.2) is 0 Å². The van der Waals surface area contributed by atoms with Crippen LogP contribution in [0.25, 0.3) is 0 Å². The second-order valence-corrected chi connectivity index (χ2v) is 5.37. The van der Waals surface area contributed by atoms with Crippen molar-refractivity contribution in [2.45, 2.75) is 32.2 Å². The van der Waals surface area contributed by atoms with Crippen LogP contribution in [0.5, 0.6) is 0 Å². The summed E-state index contributed by atoms with van der Waals surface area (Å²) in [5.41, 5.74) is -0.519. The van der Waals surface area contributed by atoms with Crippen molar-refractivity contribution in [3.8, 4) is 0 Å². The zero-order chi connectivity index (χ0) is 14.3. The van der Waals surface area contributed by atoms with Gasteiger partial charge in [-0.25, -0.2) is 0 Å². The Morgan fingerprint density at radius 3 is 2.63 bits per heavy atom. The van der Waals surface area contributed by atoms with Gasteiger partial charge in [0.25, 0.3) is 0 Å². The maximum absolute atomic E-state index is 12.1. The Morgan fingerprint density at radius 1 is 1.42 bits per heavy atom. The molecule has 1 rings (SSSR count). The molecule has 1 heterocycles. The van der Waals surface area contributed by atoms with Crippen LogP contribution in [0.3, 0.4) is 0 Å². The number of methoxy groups -OCH3 is 1. The Labute approximate surface area is 117 Å². The molecule has 1 fully saturated rings. The van der Waals surface area contributed by atoms with Crippen molar-refractivity contribution in [1.29, 1.82) is 0 Å². The number of ether oxygens (including phenoxy) is 1. The first-order valence-corrected chi connectivity index (χ1v) is 7.32. The predicted octanol–water partition coefficient (Wildman–Crippen LogP) is 0.555. The van der Waals surface area contributed by atoms with Crippen LogP contribution in [0.4, 0.5) is 0 Å². The van der Waals surface area contributed by atoms with E-state index in [9.17, 15) is 4.79 Å². The van der Waals surface area contributed by atoms with Crippen LogP contribution < -0.4 is 5.32 Å². The molecule has 5 heteroatoms. The molecule has 19 heavy (non-hydrogen) atoms. The van der Waals surface area contributed by atoms with Gasteiger partial charge in [-0.15, -0.1) is 0 Å². The van der Waals surface area contributed by atoms with Gasteiger partial charge >= 0.3 is 5.97 Å². The number of carbonyl (C=O) groups is 1.